The van der Waals surface area contributed by atoms with Crippen molar-refractivity contribution in [3.05, 3.63) is 35.5 Å². The second kappa shape index (κ2) is 3.14. The second-order valence-corrected chi connectivity index (χ2v) is 3.31. The molecule has 0 aliphatic heterocycles. The van der Waals surface area contributed by atoms with Gasteiger partial charge in [0.05, 0.1) is 11.9 Å². The van der Waals surface area contributed by atoms with E-state index in [1.54, 1.807) is 4.68 Å². The van der Waals surface area contributed by atoms with E-state index in [2.05, 4.69) is 16.4 Å². The summed E-state index contributed by atoms with van der Waals surface area (Å²) in [6.45, 7) is 4.04. The van der Waals surface area contributed by atoms with Crippen molar-refractivity contribution >= 4 is 0 Å². The van der Waals surface area contributed by atoms with Crippen LogP contribution in [-0.2, 0) is 0 Å². The quantitative estimate of drug-likeness (QED) is 0.741. The van der Waals surface area contributed by atoms with E-state index in [1.807, 2.05) is 26.0 Å². The van der Waals surface area contributed by atoms with Gasteiger partial charge in [-0.15, -0.1) is 0 Å². The van der Waals surface area contributed by atoms with Crippen LogP contribution in [0.2, 0.25) is 0 Å². The standard InChI is InChI=1S/C10H11N3O/c1-7-3-4-9(8(2)5-7)13-6-10(14)11-12-13/h3-6,14H,1-2H3. The minimum Gasteiger partial charge on any atom is -0.491 e. The van der Waals surface area contributed by atoms with Crippen molar-refractivity contribution in [3.63, 3.8) is 0 Å². The van der Waals surface area contributed by atoms with E-state index in [9.17, 15) is 0 Å². The Morgan fingerprint density at radius 2 is 2.07 bits per heavy atom. The summed E-state index contributed by atoms with van der Waals surface area (Å²) in [5.41, 5.74) is 3.24. The number of rotatable bonds is 1. The molecule has 0 unspecified atom stereocenters. The predicted molar refractivity (Wildman–Crippen MR) is 52.5 cm³/mol. The Morgan fingerprint density at radius 1 is 1.29 bits per heavy atom. The van der Waals surface area contributed by atoms with Crippen LogP contribution in [-0.4, -0.2) is 20.1 Å². The van der Waals surface area contributed by atoms with Crippen LogP contribution >= 0.6 is 0 Å². The number of aromatic nitrogens is 3. The Bertz CT molecular complexity index is 462. The van der Waals surface area contributed by atoms with Crippen LogP contribution < -0.4 is 0 Å². The molecule has 0 saturated heterocycles. The molecule has 14 heavy (non-hydrogen) atoms. The second-order valence-electron chi connectivity index (χ2n) is 3.31. The van der Waals surface area contributed by atoms with Crippen molar-refractivity contribution in [2.45, 2.75) is 13.8 Å². The molecule has 0 saturated carbocycles. The molecule has 0 spiro atoms. The number of nitrogens with zero attached hydrogens (tertiary/aromatic N) is 3. The Hall–Kier alpha value is -1.84. The smallest absolute Gasteiger partial charge is 0.251 e. The van der Waals surface area contributed by atoms with Crippen molar-refractivity contribution in [1.29, 1.82) is 0 Å². The van der Waals surface area contributed by atoms with Crippen LogP contribution in [0.1, 0.15) is 11.1 Å². The number of hydrogen-bond acceptors (Lipinski definition) is 3. The third kappa shape index (κ3) is 1.46. The topological polar surface area (TPSA) is 50.9 Å². The average Bonchev–Trinajstić information content (AvgIpc) is 2.51. The van der Waals surface area contributed by atoms with Crippen molar-refractivity contribution in [1.82, 2.24) is 15.0 Å². The zero-order chi connectivity index (χ0) is 10.1. The highest BCUT2D eigenvalue weighted by Crippen LogP contribution is 2.15. The molecule has 4 heteroatoms. The Morgan fingerprint density at radius 3 is 2.64 bits per heavy atom. The van der Waals surface area contributed by atoms with Gasteiger partial charge in [0.1, 0.15) is 0 Å². The third-order valence-corrected chi connectivity index (χ3v) is 2.08. The van der Waals surface area contributed by atoms with E-state index < -0.39 is 0 Å². The zero-order valence-corrected chi connectivity index (χ0v) is 8.10. The van der Waals surface area contributed by atoms with Crippen LogP contribution in [0.5, 0.6) is 5.88 Å². The van der Waals surface area contributed by atoms with E-state index >= 15 is 0 Å². The first-order valence-corrected chi connectivity index (χ1v) is 4.36. The molecule has 72 valence electrons. The molecule has 0 fully saturated rings. The van der Waals surface area contributed by atoms with Crippen LogP contribution in [0.4, 0.5) is 0 Å². The molecule has 0 bridgehead atoms. The van der Waals surface area contributed by atoms with Gasteiger partial charge >= 0.3 is 0 Å². The summed E-state index contributed by atoms with van der Waals surface area (Å²) in [5.74, 6) is -0.0648. The van der Waals surface area contributed by atoms with Gasteiger partial charge in [-0.2, -0.15) is 0 Å². The Kier molecular flexibility index (Phi) is 1.96. The van der Waals surface area contributed by atoms with Crippen molar-refractivity contribution < 1.29 is 5.11 Å². The van der Waals surface area contributed by atoms with Crippen molar-refractivity contribution in [3.8, 4) is 11.6 Å². The maximum atomic E-state index is 9.07. The molecule has 2 aromatic rings. The molecular formula is C10H11N3O. The molecule has 4 nitrogen and oxygen atoms in total. The van der Waals surface area contributed by atoms with Gasteiger partial charge in [-0.25, -0.2) is 4.68 Å². The Balaban J connectivity index is 2.52. The Labute approximate surface area is 81.8 Å². The van der Waals surface area contributed by atoms with Crippen molar-refractivity contribution in [2.75, 3.05) is 0 Å². The lowest BCUT2D eigenvalue weighted by molar-refractivity contribution is 0.452. The fraction of sp³-hybridized carbons (Fsp3) is 0.200. The molecular weight excluding hydrogens is 178 g/mol. The van der Waals surface area contributed by atoms with Crippen LogP contribution in [0.3, 0.4) is 0 Å². The largest absolute Gasteiger partial charge is 0.491 e. The number of aromatic hydroxyl groups is 1. The summed E-state index contributed by atoms with van der Waals surface area (Å²) < 4.78 is 1.56. The highest BCUT2D eigenvalue weighted by atomic mass is 16.3. The third-order valence-electron chi connectivity index (χ3n) is 2.08. The SMILES string of the molecule is Cc1ccc(-n2cc(O)nn2)c(C)c1. The summed E-state index contributed by atoms with van der Waals surface area (Å²) in [4.78, 5) is 0. The van der Waals surface area contributed by atoms with Crippen LogP contribution in [0, 0.1) is 13.8 Å². The summed E-state index contributed by atoms with van der Waals surface area (Å²) in [6, 6.07) is 6.02. The minimum absolute atomic E-state index is 0.0648. The molecule has 0 aliphatic rings. The summed E-state index contributed by atoms with van der Waals surface area (Å²) in [5, 5.41) is 16.4. The maximum absolute atomic E-state index is 9.07. The molecule has 1 aromatic carbocycles. The van der Waals surface area contributed by atoms with Gasteiger partial charge in [0.2, 0.25) is 0 Å². The van der Waals surface area contributed by atoms with E-state index in [4.69, 9.17) is 5.11 Å². The van der Waals surface area contributed by atoms with E-state index in [-0.39, 0.29) is 5.88 Å². The fourth-order valence-corrected chi connectivity index (χ4v) is 1.44. The molecule has 0 amide bonds. The first kappa shape index (κ1) is 8.74. The lowest BCUT2D eigenvalue weighted by Crippen LogP contribution is -1.97. The summed E-state index contributed by atoms with van der Waals surface area (Å²) >= 11 is 0. The first-order valence-electron chi connectivity index (χ1n) is 4.36. The number of benzene rings is 1. The fourth-order valence-electron chi connectivity index (χ4n) is 1.44. The van der Waals surface area contributed by atoms with Gasteiger partial charge in [0.25, 0.3) is 5.88 Å². The first-order chi connectivity index (χ1) is 6.66. The van der Waals surface area contributed by atoms with E-state index in [0.717, 1.165) is 11.3 Å². The van der Waals surface area contributed by atoms with Gasteiger partial charge < -0.3 is 5.11 Å². The highest BCUT2D eigenvalue weighted by Gasteiger charge is 2.03. The van der Waals surface area contributed by atoms with Gasteiger partial charge in [-0.05, 0) is 25.5 Å². The lowest BCUT2D eigenvalue weighted by atomic mass is 10.1. The monoisotopic (exact) mass is 189 g/mol. The van der Waals surface area contributed by atoms with Gasteiger partial charge in [0, 0.05) is 0 Å². The number of hydrogen-bond donors (Lipinski definition) is 1. The molecule has 1 heterocycles. The van der Waals surface area contributed by atoms with Gasteiger partial charge in [-0.3, -0.25) is 0 Å². The zero-order valence-electron chi connectivity index (χ0n) is 8.10. The molecule has 0 radical (unpaired) electrons. The van der Waals surface area contributed by atoms with E-state index in [0.29, 0.717) is 0 Å². The maximum Gasteiger partial charge on any atom is 0.251 e. The van der Waals surface area contributed by atoms with Crippen LogP contribution in [0.25, 0.3) is 5.69 Å². The molecule has 1 aromatic heterocycles. The van der Waals surface area contributed by atoms with Crippen molar-refractivity contribution in [2.24, 2.45) is 0 Å². The lowest BCUT2D eigenvalue weighted by Gasteiger charge is -2.04. The summed E-state index contributed by atoms with van der Waals surface area (Å²) in [7, 11) is 0. The molecule has 1 N–H and O–H groups in total. The van der Waals surface area contributed by atoms with Gasteiger partial charge in [-0.1, -0.05) is 28.0 Å². The van der Waals surface area contributed by atoms with Gasteiger partial charge in [0.15, 0.2) is 0 Å². The highest BCUT2D eigenvalue weighted by molar-refractivity contribution is 5.41. The normalized spacial score (nSPS) is 10.4. The van der Waals surface area contributed by atoms with E-state index in [1.165, 1.54) is 11.8 Å². The number of aryl methyl sites for hydroxylation is 2. The molecule has 2 rings (SSSR count). The average molecular weight is 189 g/mol. The molecule has 0 aliphatic carbocycles. The van der Waals surface area contributed by atoms with Crippen LogP contribution in [0.15, 0.2) is 24.4 Å². The predicted octanol–water partition coefficient (Wildman–Crippen LogP) is 1.59. The summed E-state index contributed by atoms with van der Waals surface area (Å²) in [6.07, 6.45) is 1.48. The molecule has 0 atom stereocenters. The minimum atomic E-state index is -0.0648.